The van der Waals surface area contributed by atoms with Crippen LogP contribution in [0, 0.1) is 0 Å². The van der Waals surface area contributed by atoms with E-state index in [1.165, 1.54) is 0 Å². The minimum Gasteiger partial charge on any atom is -0.385 e. The normalized spacial score (nSPS) is 27.4. The SMILES string of the molecule is CCCC1(C)C(N)=NC(=O)N1C(C)C. The monoisotopic (exact) mass is 197 g/mol. The zero-order chi connectivity index (χ0) is 10.9. The summed E-state index contributed by atoms with van der Waals surface area (Å²) in [5.74, 6) is 0.457. The Labute approximate surface area is 85.2 Å². The van der Waals surface area contributed by atoms with Crippen LogP contribution in [0.25, 0.3) is 0 Å². The second kappa shape index (κ2) is 3.59. The molecule has 14 heavy (non-hydrogen) atoms. The van der Waals surface area contributed by atoms with Gasteiger partial charge in [0.1, 0.15) is 5.84 Å². The summed E-state index contributed by atoms with van der Waals surface area (Å²) in [5.41, 5.74) is 5.43. The molecule has 0 bridgehead atoms. The van der Waals surface area contributed by atoms with Crippen molar-refractivity contribution < 1.29 is 4.79 Å². The van der Waals surface area contributed by atoms with Crippen LogP contribution in [0.2, 0.25) is 0 Å². The molecule has 0 saturated heterocycles. The number of hydrogen-bond acceptors (Lipinski definition) is 2. The lowest BCUT2D eigenvalue weighted by Crippen LogP contribution is -2.54. The Balaban J connectivity index is 3.00. The Bertz CT molecular complexity index is 273. The molecule has 1 atom stereocenters. The molecule has 1 aliphatic heterocycles. The minimum absolute atomic E-state index is 0.142. The van der Waals surface area contributed by atoms with E-state index in [2.05, 4.69) is 11.9 Å². The molecule has 0 aliphatic carbocycles. The van der Waals surface area contributed by atoms with Crippen LogP contribution in [0.3, 0.4) is 0 Å². The van der Waals surface area contributed by atoms with E-state index in [4.69, 9.17) is 5.73 Å². The highest BCUT2D eigenvalue weighted by atomic mass is 16.2. The summed E-state index contributed by atoms with van der Waals surface area (Å²) in [5, 5.41) is 0. The molecule has 0 radical (unpaired) electrons. The quantitative estimate of drug-likeness (QED) is 0.749. The summed E-state index contributed by atoms with van der Waals surface area (Å²) in [6, 6.07) is -0.0581. The minimum atomic E-state index is -0.375. The molecule has 80 valence electrons. The number of hydrogen-bond donors (Lipinski definition) is 1. The van der Waals surface area contributed by atoms with E-state index in [9.17, 15) is 4.79 Å². The second-order valence-corrected chi connectivity index (χ2v) is 4.27. The van der Waals surface area contributed by atoms with Gasteiger partial charge < -0.3 is 10.6 Å². The van der Waals surface area contributed by atoms with Crippen molar-refractivity contribution in [2.75, 3.05) is 0 Å². The molecule has 4 heteroatoms. The van der Waals surface area contributed by atoms with Crippen molar-refractivity contribution >= 4 is 11.9 Å². The number of rotatable bonds is 3. The largest absolute Gasteiger partial charge is 0.385 e. The van der Waals surface area contributed by atoms with Gasteiger partial charge in [0.2, 0.25) is 0 Å². The van der Waals surface area contributed by atoms with E-state index in [0.717, 1.165) is 12.8 Å². The van der Waals surface area contributed by atoms with Crippen molar-refractivity contribution in [1.82, 2.24) is 4.90 Å². The molecule has 0 aromatic carbocycles. The van der Waals surface area contributed by atoms with Gasteiger partial charge >= 0.3 is 6.03 Å². The Morgan fingerprint density at radius 2 is 2.14 bits per heavy atom. The molecular formula is C10H19N3O. The van der Waals surface area contributed by atoms with Crippen LogP contribution >= 0.6 is 0 Å². The lowest BCUT2D eigenvalue weighted by atomic mass is 9.93. The van der Waals surface area contributed by atoms with E-state index in [0.29, 0.717) is 5.84 Å². The van der Waals surface area contributed by atoms with Crippen molar-refractivity contribution in [3.8, 4) is 0 Å². The fraction of sp³-hybridized carbons (Fsp3) is 0.800. The van der Waals surface area contributed by atoms with E-state index in [1.54, 1.807) is 4.90 Å². The van der Waals surface area contributed by atoms with Gasteiger partial charge in [0, 0.05) is 6.04 Å². The zero-order valence-electron chi connectivity index (χ0n) is 9.37. The molecular weight excluding hydrogens is 178 g/mol. The van der Waals surface area contributed by atoms with Crippen molar-refractivity contribution in [2.45, 2.75) is 52.1 Å². The maximum atomic E-state index is 11.6. The molecule has 0 fully saturated rings. The van der Waals surface area contributed by atoms with E-state index in [-0.39, 0.29) is 17.6 Å². The number of nitrogens with zero attached hydrogens (tertiary/aromatic N) is 2. The lowest BCUT2D eigenvalue weighted by molar-refractivity contribution is 0.150. The Morgan fingerprint density at radius 3 is 2.57 bits per heavy atom. The Hall–Kier alpha value is -1.06. The molecule has 2 amide bonds. The average Bonchev–Trinajstić information content (AvgIpc) is 2.23. The van der Waals surface area contributed by atoms with Crippen molar-refractivity contribution in [3.05, 3.63) is 0 Å². The second-order valence-electron chi connectivity index (χ2n) is 4.27. The standard InChI is InChI=1S/C10H19N3O/c1-5-6-10(4)8(11)12-9(14)13(10)7(2)3/h7H,5-6H2,1-4H3,(H2,11,12,14). The van der Waals surface area contributed by atoms with Crippen LogP contribution in [0.5, 0.6) is 0 Å². The van der Waals surface area contributed by atoms with Gasteiger partial charge in [-0.1, -0.05) is 13.3 Å². The maximum Gasteiger partial charge on any atom is 0.346 e. The summed E-state index contributed by atoms with van der Waals surface area (Å²) < 4.78 is 0. The van der Waals surface area contributed by atoms with Gasteiger partial charge in [0.25, 0.3) is 0 Å². The summed E-state index contributed by atoms with van der Waals surface area (Å²) >= 11 is 0. The highest BCUT2D eigenvalue weighted by Gasteiger charge is 2.44. The maximum absolute atomic E-state index is 11.6. The van der Waals surface area contributed by atoms with Crippen molar-refractivity contribution in [2.24, 2.45) is 10.7 Å². The van der Waals surface area contributed by atoms with Crippen LogP contribution in [0.4, 0.5) is 4.79 Å². The highest BCUT2D eigenvalue weighted by molar-refractivity contribution is 6.05. The van der Waals surface area contributed by atoms with E-state index in [1.807, 2.05) is 20.8 Å². The molecule has 1 aliphatic rings. The van der Waals surface area contributed by atoms with Crippen LogP contribution in [-0.2, 0) is 0 Å². The fourth-order valence-electron chi connectivity index (χ4n) is 2.14. The lowest BCUT2D eigenvalue weighted by Gasteiger charge is -2.37. The third-order valence-electron chi connectivity index (χ3n) is 2.76. The molecule has 0 aromatic rings. The first kappa shape index (κ1) is 11.0. The first-order valence-corrected chi connectivity index (χ1v) is 5.11. The topological polar surface area (TPSA) is 58.7 Å². The Kier molecular flexibility index (Phi) is 2.83. The summed E-state index contributed by atoms with van der Waals surface area (Å²) in [4.78, 5) is 17.2. The van der Waals surface area contributed by atoms with Crippen LogP contribution in [0.1, 0.15) is 40.5 Å². The van der Waals surface area contributed by atoms with Crippen molar-refractivity contribution in [3.63, 3.8) is 0 Å². The molecule has 1 heterocycles. The predicted octanol–water partition coefficient (Wildman–Crippen LogP) is 1.75. The number of amidine groups is 1. The van der Waals surface area contributed by atoms with Gasteiger partial charge in [0.15, 0.2) is 0 Å². The van der Waals surface area contributed by atoms with E-state index < -0.39 is 0 Å². The first-order valence-electron chi connectivity index (χ1n) is 5.11. The van der Waals surface area contributed by atoms with Gasteiger partial charge in [-0.3, -0.25) is 0 Å². The van der Waals surface area contributed by atoms with Crippen molar-refractivity contribution in [1.29, 1.82) is 0 Å². The molecule has 1 rings (SSSR count). The molecule has 1 unspecified atom stereocenters. The first-order chi connectivity index (χ1) is 6.43. The van der Waals surface area contributed by atoms with Gasteiger partial charge in [0.05, 0.1) is 5.54 Å². The number of carbonyl (C=O) groups excluding carboxylic acids is 1. The highest BCUT2D eigenvalue weighted by Crippen LogP contribution is 2.29. The molecule has 2 N–H and O–H groups in total. The van der Waals surface area contributed by atoms with Crippen LogP contribution in [0.15, 0.2) is 4.99 Å². The summed E-state index contributed by atoms with van der Waals surface area (Å²) in [6.07, 6.45) is 1.86. The smallest absolute Gasteiger partial charge is 0.346 e. The van der Waals surface area contributed by atoms with Gasteiger partial charge in [-0.25, -0.2) is 4.79 Å². The number of urea groups is 1. The number of aliphatic imine (C=N–C) groups is 1. The third-order valence-corrected chi connectivity index (χ3v) is 2.76. The number of carbonyl (C=O) groups is 1. The van der Waals surface area contributed by atoms with Gasteiger partial charge in [-0.05, 0) is 27.2 Å². The zero-order valence-corrected chi connectivity index (χ0v) is 9.37. The van der Waals surface area contributed by atoms with E-state index >= 15 is 0 Å². The average molecular weight is 197 g/mol. The van der Waals surface area contributed by atoms with Crippen LogP contribution in [-0.4, -0.2) is 28.3 Å². The van der Waals surface area contributed by atoms with Crippen LogP contribution < -0.4 is 5.73 Å². The molecule has 4 nitrogen and oxygen atoms in total. The third kappa shape index (κ3) is 1.49. The van der Waals surface area contributed by atoms with Gasteiger partial charge in [-0.15, -0.1) is 0 Å². The molecule has 0 aromatic heterocycles. The molecule has 0 saturated carbocycles. The summed E-state index contributed by atoms with van der Waals surface area (Å²) in [6.45, 7) is 8.04. The predicted molar refractivity (Wildman–Crippen MR) is 57.3 cm³/mol. The summed E-state index contributed by atoms with van der Waals surface area (Å²) in [7, 11) is 0. The Morgan fingerprint density at radius 1 is 1.57 bits per heavy atom. The molecule has 0 spiro atoms. The number of amides is 2. The van der Waals surface area contributed by atoms with Gasteiger partial charge in [-0.2, -0.15) is 4.99 Å². The number of nitrogens with two attached hydrogens (primary N) is 1. The fourth-order valence-corrected chi connectivity index (χ4v) is 2.14.